The van der Waals surface area contributed by atoms with E-state index in [-0.39, 0.29) is 18.4 Å². The fourth-order valence-electron chi connectivity index (χ4n) is 3.55. The standard InChI is InChI=1S/C22H24N2O3S/c1-4-11-24-16-8-7-15(13-17(16)27-14-21(2,3)20(24)26)23-19(25)22(9-10-22)18-6-5-12-28-18/h4-8,12-13H,1,9-11,14H2,2-3H3,(H,23,25). The van der Waals surface area contributed by atoms with Crippen molar-refractivity contribution in [1.29, 1.82) is 0 Å². The van der Waals surface area contributed by atoms with Crippen LogP contribution in [-0.2, 0) is 15.0 Å². The van der Waals surface area contributed by atoms with Gasteiger partial charge in [-0.05, 0) is 50.3 Å². The first-order valence-electron chi connectivity index (χ1n) is 9.42. The van der Waals surface area contributed by atoms with E-state index in [0.29, 0.717) is 23.7 Å². The molecule has 1 aliphatic heterocycles. The largest absolute Gasteiger partial charge is 0.490 e. The molecule has 1 aliphatic carbocycles. The summed E-state index contributed by atoms with van der Waals surface area (Å²) in [6.45, 7) is 8.20. The molecule has 2 heterocycles. The summed E-state index contributed by atoms with van der Waals surface area (Å²) in [6.07, 6.45) is 3.45. The zero-order valence-electron chi connectivity index (χ0n) is 16.2. The van der Waals surface area contributed by atoms with Gasteiger partial charge in [0.05, 0.1) is 16.5 Å². The van der Waals surface area contributed by atoms with Gasteiger partial charge < -0.3 is 15.0 Å². The van der Waals surface area contributed by atoms with E-state index in [4.69, 9.17) is 4.74 Å². The third-order valence-electron chi connectivity index (χ3n) is 5.41. The maximum atomic E-state index is 12.9. The Morgan fingerprint density at radius 3 is 2.79 bits per heavy atom. The van der Waals surface area contributed by atoms with E-state index in [2.05, 4.69) is 11.9 Å². The number of thiophene rings is 1. The molecule has 0 spiro atoms. The van der Waals surface area contributed by atoms with Gasteiger partial charge in [-0.2, -0.15) is 0 Å². The van der Waals surface area contributed by atoms with Crippen molar-refractivity contribution in [3.63, 3.8) is 0 Å². The molecule has 0 radical (unpaired) electrons. The number of nitrogens with one attached hydrogen (secondary N) is 1. The number of rotatable bonds is 5. The van der Waals surface area contributed by atoms with Gasteiger partial charge in [0, 0.05) is 23.2 Å². The Morgan fingerprint density at radius 1 is 1.36 bits per heavy atom. The van der Waals surface area contributed by atoms with E-state index in [1.54, 1.807) is 22.3 Å². The van der Waals surface area contributed by atoms with Crippen molar-refractivity contribution in [2.45, 2.75) is 32.1 Å². The van der Waals surface area contributed by atoms with Crippen molar-refractivity contribution in [3.8, 4) is 5.75 Å². The van der Waals surface area contributed by atoms with Crippen molar-refractivity contribution in [1.82, 2.24) is 0 Å². The molecule has 146 valence electrons. The van der Waals surface area contributed by atoms with E-state index in [1.165, 1.54) is 0 Å². The zero-order chi connectivity index (χ0) is 19.9. The highest BCUT2D eigenvalue weighted by atomic mass is 32.1. The first-order valence-corrected chi connectivity index (χ1v) is 10.3. The Morgan fingerprint density at radius 2 is 2.14 bits per heavy atom. The number of carbonyl (C=O) groups excluding carboxylic acids is 2. The third kappa shape index (κ3) is 3.11. The Hall–Kier alpha value is -2.60. The average Bonchev–Trinajstić information content (AvgIpc) is 3.32. The number of hydrogen-bond donors (Lipinski definition) is 1. The Balaban J connectivity index is 1.61. The summed E-state index contributed by atoms with van der Waals surface area (Å²) in [5.74, 6) is 0.611. The fraction of sp³-hybridized carbons (Fsp3) is 0.364. The van der Waals surface area contributed by atoms with Crippen molar-refractivity contribution in [2.75, 3.05) is 23.4 Å². The first-order chi connectivity index (χ1) is 13.4. The van der Waals surface area contributed by atoms with Gasteiger partial charge in [0.25, 0.3) is 0 Å². The topological polar surface area (TPSA) is 58.6 Å². The Kier molecular flexibility index (Phi) is 4.54. The van der Waals surface area contributed by atoms with Crippen LogP contribution >= 0.6 is 11.3 Å². The third-order valence-corrected chi connectivity index (χ3v) is 6.48. The van der Waals surface area contributed by atoms with E-state index < -0.39 is 10.8 Å². The van der Waals surface area contributed by atoms with Crippen LogP contribution in [0, 0.1) is 5.41 Å². The number of ether oxygens (including phenoxy) is 1. The van der Waals surface area contributed by atoms with Crippen molar-refractivity contribution < 1.29 is 14.3 Å². The Bertz CT molecular complexity index is 929. The second kappa shape index (κ2) is 6.78. The lowest BCUT2D eigenvalue weighted by molar-refractivity contribution is -0.127. The van der Waals surface area contributed by atoms with Crippen molar-refractivity contribution in [2.24, 2.45) is 5.41 Å². The molecule has 4 rings (SSSR count). The lowest BCUT2D eigenvalue weighted by atomic mass is 9.93. The lowest BCUT2D eigenvalue weighted by Crippen LogP contribution is -2.42. The molecule has 1 saturated carbocycles. The van der Waals surface area contributed by atoms with Crippen LogP contribution in [0.3, 0.4) is 0 Å². The van der Waals surface area contributed by atoms with Crippen molar-refractivity contribution >= 4 is 34.5 Å². The van der Waals surface area contributed by atoms with Gasteiger partial charge in [0.15, 0.2) is 0 Å². The molecule has 1 aromatic heterocycles. The van der Waals surface area contributed by atoms with Crippen LogP contribution in [-0.4, -0.2) is 25.0 Å². The highest BCUT2D eigenvalue weighted by Crippen LogP contribution is 2.51. The summed E-state index contributed by atoms with van der Waals surface area (Å²) in [7, 11) is 0. The molecule has 1 fully saturated rings. The minimum Gasteiger partial charge on any atom is -0.490 e. The van der Waals surface area contributed by atoms with Gasteiger partial charge in [-0.25, -0.2) is 0 Å². The van der Waals surface area contributed by atoms with Crippen LogP contribution in [0.15, 0.2) is 48.4 Å². The molecule has 28 heavy (non-hydrogen) atoms. The zero-order valence-corrected chi connectivity index (χ0v) is 17.0. The number of anilines is 2. The summed E-state index contributed by atoms with van der Waals surface area (Å²) < 4.78 is 5.96. The average molecular weight is 397 g/mol. The molecular formula is C22H24N2O3S. The minimum absolute atomic E-state index is 0.00226. The first kappa shape index (κ1) is 18.7. The van der Waals surface area contributed by atoms with Gasteiger partial charge in [-0.3, -0.25) is 9.59 Å². The van der Waals surface area contributed by atoms with E-state index >= 15 is 0 Å². The summed E-state index contributed by atoms with van der Waals surface area (Å²) in [4.78, 5) is 28.6. The molecule has 0 saturated heterocycles. The molecule has 2 amide bonds. The second-order valence-corrected chi connectivity index (χ2v) is 9.02. The molecule has 5 nitrogen and oxygen atoms in total. The number of fused-ring (bicyclic) bond motifs is 1. The summed E-state index contributed by atoms with van der Waals surface area (Å²) in [5, 5.41) is 5.05. The normalized spacial score (nSPS) is 19.2. The maximum Gasteiger partial charge on any atom is 0.236 e. The predicted molar refractivity (Wildman–Crippen MR) is 112 cm³/mol. The van der Waals surface area contributed by atoms with Crippen LogP contribution in [0.5, 0.6) is 5.75 Å². The molecule has 1 N–H and O–H groups in total. The van der Waals surface area contributed by atoms with Crippen LogP contribution < -0.4 is 15.0 Å². The SMILES string of the molecule is C=CCN1C(=O)C(C)(C)COc2cc(NC(=O)C3(c4cccs4)CC3)ccc21. The molecule has 1 aromatic carbocycles. The van der Waals surface area contributed by atoms with Gasteiger partial charge in [0.2, 0.25) is 11.8 Å². The van der Waals surface area contributed by atoms with Gasteiger partial charge in [-0.15, -0.1) is 17.9 Å². The highest BCUT2D eigenvalue weighted by Gasteiger charge is 2.52. The smallest absolute Gasteiger partial charge is 0.236 e. The number of amides is 2. The molecule has 0 bridgehead atoms. The predicted octanol–water partition coefficient (Wildman–Crippen LogP) is 4.36. The number of carbonyl (C=O) groups is 2. The van der Waals surface area contributed by atoms with E-state index in [0.717, 1.165) is 17.7 Å². The van der Waals surface area contributed by atoms with Gasteiger partial charge in [-0.1, -0.05) is 12.1 Å². The van der Waals surface area contributed by atoms with E-state index in [9.17, 15) is 9.59 Å². The lowest BCUT2D eigenvalue weighted by Gasteiger charge is -2.27. The second-order valence-electron chi connectivity index (χ2n) is 8.07. The minimum atomic E-state index is -0.636. The molecule has 0 unspecified atom stereocenters. The summed E-state index contributed by atoms with van der Waals surface area (Å²) in [6, 6.07) is 9.47. The number of nitrogens with zero attached hydrogens (tertiary/aromatic N) is 1. The Labute approximate surface area is 169 Å². The molecule has 0 atom stereocenters. The highest BCUT2D eigenvalue weighted by molar-refractivity contribution is 7.10. The fourth-order valence-corrected chi connectivity index (χ4v) is 4.53. The van der Waals surface area contributed by atoms with Crippen LogP contribution in [0.1, 0.15) is 31.6 Å². The van der Waals surface area contributed by atoms with E-state index in [1.807, 2.05) is 49.6 Å². The summed E-state index contributed by atoms with van der Waals surface area (Å²) in [5.41, 5.74) is 0.349. The van der Waals surface area contributed by atoms with Crippen LogP contribution in [0.2, 0.25) is 0 Å². The summed E-state index contributed by atoms with van der Waals surface area (Å²) >= 11 is 1.62. The van der Waals surface area contributed by atoms with Gasteiger partial charge in [0.1, 0.15) is 12.4 Å². The van der Waals surface area contributed by atoms with Crippen LogP contribution in [0.4, 0.5) is 11.4 Å². The molecular weight excluding hydrogens is 372 g/mol. The monoisotopic (exact) mass is 396 g/mol. The number of benzene rings is 1. The maximum absolute atomic E-state index is 12.9. The quantitative estimate of drug-likeness (QED) is 0.764. The van der Waals surface area contributed by atoms with Crippen molar-refractivity contribution in [3.05, 3.63) is 53.2 Å². The number of hydrogen-bond acceptors (Lipinski definition) is 4. The van der Waals surface area contributed by atoms with Crippen LogP contribution in [0.25, 0.3) is 0 Å². The molecule has 6 heteroatoms. The molecule has 2 aliphatic rings. The van der Waals surface area contributed by atoms with Gasteiger partial charge >= 0.3 is 0 Å². The molecule has 2 aromatic rings.